The number of likely N-dealkylation sites (N-methyl/N-ethyl adjacent to an activating group) is 1. The van der Waals surface area contributed by atoms with Gasteiger partial charge in [0, 0.05) is 37.3 Å². The minimum absolute atomic E-state index is 0.121. The van der Waals surface area contributed by atoms with Crippen LogP contribution in [0.15, 0.2) is 42.7 Å². The average Bonchev–Trinajstić information content (AvgIpc) is 3.36. The molecular formula is C30H36FN7O2. The monoisotopic (exact) mass is 545 g/mol. The molecule has 10 heteroatoms. The Morgan fingerprint density at radius 2 is 2.00 bits per heavy atom. The number of aryl methyl sites for hydroxylation is 1. The van der Waals surface area contributed by atoms with Crippen LogP contribution >= 0.6 is 0 Å². The van der Waals surface area contributed by atoms with E-state index in [0.717, 1.165) is 41.6 Å². The molecule has 1 N–H and O–H groups in total. The van der Waals surface area contributed by atoms with E-state index < -0.39 is 18.1 Å². The van der Waals surface area contributed by atoms with Crippen LogP contribution in [0.2, 0.25) is 0 Å². The van der Waals surface area contributed by atoms with Crippen LogP contribution in [0.1, 0.15) is 30.4 Å². The minimum atomic E-state index is -1.45. The van der Waals surface area contributed by atoms with Gasteiger partial charge in [0.2, 0.25) is 0 Å². The lowest BCUT2D eigenvalue weighted by Gasteiger charge is -2.42. The molecule has 0 amide bonds. The van der Waals surface area contributed by atoms with Crippen molar-refractivity contribution in [2.75, 3.05) is 44.7 Å². The molecule has 0 spiro atoms. The number of nitrogens with zero attached hydrogens (tertiary/aromatic N) is 7. The van der Waals surface area contributed by atoms with Crippen molar-refractivity contribution in [3.8, 4) is 23.3 Å². The summed E-state index contributed by atoms with van der Waals surface area (Å²) in [6, 6.07) is 12.4. The van der Waals surface area contributed by atoms with Gasteiger partial charge in [-0.05, 0) is 63.5 Å². The van der Waals surface area contributed by atoms with Gasteiger partial charge in [-0.15, -0.1) is 0 Å². The first kappa shape index (κ1) is 27.9. The third-order valence-corrected chi connectivity index (χ3v) is 8.23. The molecule has 2 aromatic heterocycles. The van der Waals surface area contributed by atoms with Crippen molar-refractivity contribution >= 4 is 16.9 Å². The van der Waals surface area contributed by atoms with E-state index in [1.54, 1.807) is 4.90 Å². The number of benzene rings is 1. The first-order chi connectivity index (χ1) is 19.3. The van der Waals surface area contributed by atoms with E-state index in [4.69, 9.17) is 19.7 Å². The van der Waals surface area contributed by atoms with E-state index in [1.165, 1.54) is 5.56 Å². The van der Waals surface area contributed by atoms with Gasteiger partial charge in [-0.3, -0.25) is 4.90 Å². The minimum Gasteiger partial charge on any atom is -0.462 e. The lowest BCUT2D eigenvalue weighted by atomic mass is 10.0. The molecule has 2 aliphatic rings. The van der Waals surface area contributed by atoms with Crippen LogP contribution in [0.4, 0.5) is 10.2 Å². The fourth-order valence-electron chi connectivity index (χ4n) is 5.67. The van der Waals surface area contributed by atoms with Crippen molar-refractivity contribution in [2.45, 2.75) is 51.4 Å². The molecule has 1 unspecified atom stereocenters. The van der Waals surface area contributed by atoms with Crippen molar-refractivity contribution < 1.29 is 14.2 Å². The second-order valence-corrected chi connectivity index (χ2v) is 10.8. The van der Waals surface area contributed by atoms with Crippen LogP contribution in [0.5, 0.6) is 6.01 Å². The molecule has 1 aromatic carbocycles. The van der Waals surface area contributed by atoms with Gasteiger partial charge in [0.1, 0.15) is 18.3 Å². The zero-order valence-electron chi connectivity index (χ0n) is 23.3. The maximum Gasteiger partial charge on any atom is 0.320 e. The highest BCUT2D eigenvalue weighted by molar-refractivity contribution is 5.89. The van der Waals surface area contributed by atoms with E-state index in [1.807, 2.05) is 23.1 Å². The summed E-state index contributed by atoms with van der Waals surface area (Å²) in [6.07, 6.45) is 0.866. The SMILES string of the molecule is C=C(F)C(O)N1CCN(c2nc(OC[C@@H]3CCCN3C)nc3nc(-c4cccc(C)c4C)ccc23)C[C@@H]1CC#N. The van der Waals surface area contributed by atoms with Crippen molar-refractivity contribution in [1.82, 2.24) is 24.8 Å². The third kappa shape index (κ3) is 5.63. The summed E-state index contributed by atoms with van der Waals surface area (Å²) in [5, 5.41) is 20.6. The summed E-state index contributed by atoms with van der Waals surface area (Å²) >= 11 is 0. The van der Waals surface area contributed by atoms with Crippen LogP contribution in [0.25, 0.3) is 22.3 Å². The predicted octanol–water partition coefficient (Wildman–Crippen LogP) is 3.99. The molecule has 4 heterocycles. The molecule has 0 radical (unpaired) electrons. The van der Waals surface area contributed by atoms with Gasteiger partial charge in [-0.25, -0.2) is 9.37 Å². The topological polar surface area (TPSA) is 102 Å². The maximum absolute atomic E-state index is 13.8. The zero-order valence-corrected chi connectivity index (χ0v) is 23.3. The molecular weight excluding hydrogens is 509 g/mol. The highest BCUT2D eigenvalue weighted by atomic mass is 19.1. The number of fused-ring (bicyclic) bond motifs is 1. The first-order valence-electron chi connectivity index (χ1n) is 13.7. The Morgan fingerprint density at radius 1 is 1.18 bits per heavy atom. The molecule has 2 saturated heterocycles. The Hall–Kier alpha value is -3.65. The third-order valence-electron chi connectivity index (χ3n) is 8.23. The second kappa shape index (κ2) is 11.8. The van der Waals surface area contributed by atoms with Gasteiger partial charge >= 0.3 is 6.01 Å². The number of piperazine rings is 1. The number of hydrogen-bond acceptors (Lipinski definition) is 9. The van der Waals surface area contributed by atoms with E-state index >= 15 is 0 Å². The van der Waals surface area contributed by atoms with Gasteiger partial charge in [0.05, 0.1) is 23.6 Å². The normalized spacial score (nSPS) is 20.9. The Morgan fingerprint density at radius 3 is 2.73 bits per heavy atom. The molecule has 2 fully saturated rings. The van der Waals surface area contributed by atoms with E-state index in [0.29, 0.717) is 43.7 Å². The summed E-state index contributed by atoms with van der Waals surface area (Å²) in [5.74, 6) is -0.185. The number of nitriles is 1. The van der Waals surface area contributed by atoms with Crippen molar-refractivity contribution in [2.24, 2.45) is 0 Å². The average molecular weight is 546 g/mol. The van der Waals surface area contributed by atoms with Crippen molar-refractivity contribution in [1.29, 1.82) is 5.26 Å². The number of anilines is 1. The quantitative estimate of drug-likeness (QED) is 0.450. The van der Waals surface area contributed by atoms with E-state index in [-0.39, 0.29) is 12.4 Å². The molecule has 40 heavy (non-hydrogen) atoms. The summed E-state index contributed by atoms with van der Waals surface area (Å²) in [4.78, 5) is 20.4. The second-order valence-electron chi connectivity index (χ2n) is 10.8. The van der Waals surface area contributed by atoms with Crippen LogP contribution in [0, 0.1) is 25.2 Å². The summed E-state index contributed by atoms with van der Waals surface area (Å²) in [6.45, 7) is 10.1. The smallest absolute Gasteiger partial charge is 0.320 e. The largest absolute Gasteiger partial charge is 0.462 e. The van der Waals surface area contributed by atoms with Gasteiger partial charge in [-0.2, -0.15) is 15.2 Å². The first-order valence-corrected chi connectivity index (χ1v) is 13.7. The predicted molar refractivity (Wildman–Crippen MR) is 153 cm³/mol. The number of pyridine rings is 1. The highest BCUT2D eigenvalue weighted by Crippen LogP contribution is 2.32. The number of ether oxygens (including phenoxy) is 1. The lowest BCUT2D eigenvalue weighted by Crippen LogP contribution is -2.57. The van der Waals surface area contributed by atoms with Gasteiger partial charge < -0.3 is 19.6 Å². The molecule has 3 aromatic rings. The van der Waals surface area contributed by atoms with Crippen molar-refractivity contribution in [3.63, 3.8) is 0 Å². The Balaban J connectivity index is 1.53. The molecule has 9 nitrogen and oxygen atoms in total. The molecule has 2 aliphatic heterocycles. The van der Waals surface area contributed by atoms with Gasteiger partial charge in [0.15, 0.2) is 11.9 Å². The van der Waals surface area contributed by atoms with E-state index in [2.05, 4.69) is 50.6 Å². The maximum atomic E-state index is 13.8. The lowest BCUT2D eigenvalue weighted by molar-refractivity contribution is -0.0167. The number of aromatic nitrogens is 3. The number of rotatable bonds is 8. The molecule has 0 saturated carbocycles. The fraction of sp³-hybridized carbons (Fsp3) is 0.467. The molecule has 210 valence electrons. The molecule has 5 rings (SSSR count). The van der Waals surface area contributed by atoms with Gasteiger partial charge in [0.25, 0.3) is 0 Å². The number of hydrogen-bond donors (Lipinski definition) is 1. The van der Waals surface area contributed by atoms with Crippen LogP contribution < -0.4 is 9.64 Å². The Labute approximate surface area is 234 Å². The van der Waals surface area contributed by atoms with Crippen LogP contribution in [0.3, 0.4) is 0 Å². The number of aliphatic hydroxyl groups is 1. The Kier molecular flexibility index (Phi) is 8.26. The summed E-state index contributed by atoms with van der Waals surface area (Å²) in [7, 11) is 2.10. The fourth-order valence-corrected chi connectivity index (χ4v) is 5.67. The zero-order chi connectivity index (χ0) is 28.4. The summed E-state index contributed by atoms with van der Waals surface area (Å²) in [5.41, 5.74) is 4.73. The summed E-state index contributed by atoms with van der Waals surface area (Å²) < 4.78 is 20.0. The van der Waals surface area contributed by atoms with Crippen LogP contribution in [-0.2, 0) is 0 Å². The van der Waals surface area contributed by atoms with E-state index in [9.17, 15) is 14.8 Å². The highest BCUT2D eigenvalue weighted by Gasteiger charge is 2.34. The molecule has 0 aliphatic carbocycles. The number of aliphatic hydroxyl groups excluding tert-OH is 1. The molecule has 0 bridgehead atoms. The van der Waals surface area contributed by atoms with Crippen LogP contribution in [-0.4, -0.2) is 88.0 Å². The Bertz CT molecular complexity index is 1440. The standard InChI is InChI=1S/C30H36FN7O2/c1-19-7-5-9-24(20(19)2)26-11-10-25-27(33-26)34-30(40-18-23-8-6-14-36(23)4)35-28(25)37-15-16-38(29(39)21(3)31)22(17-37)12-13-32/h5,7,9-11,22-23,29,39H,3,6,8,12,14-18H2,1-2,4H3/t22-,23-,29?/m0/s1. The van der Waals surface area contributed by atoms with Crippen molar-refractivity contribution in [3.05, 3.63) is 53.9 Å². The molecule has 3 atom stereocenters. The van der Waals surface area contributed by atoms with Gasteiger partial charge in [-0.1, -0.05) is 24.8 Å². The number of halogens is 1. The number of likely N-dealkylation sites (tertiary alicyclic amines) is 1.